The summed E-state index contributed by atoms with van der Waals surface area (Å²) in [6.07, 6.45) is 0. The molecule has 0 unspecified atom stereocenters. The molecule has 8 nitrogen and oxygen atoms in total. The molecule has 0 saturated heterocycles. The molecule has 0 atom stereocenters. The zero-order valence-electron chi connectivity index (χ0n) is 7.17. The Morgan fingerprint density at radius 2 is 1.64 bits per heavy atom. The Labute approximate surface area is 78.2 Å². The normalized spacial score (nSPS) is 12.4. The minimum absolute atomic E-state index is 0.139. The molecule has 0 fully saturated rings. The molecule has 0 amide bonds. The third-order valence-electron chi connectivity index (χ3n) is 1.02. The SMILES string of the molecule is C=C(C)C(=O)OOC(O)(O)C(O)(O)O. The third kappa shape index (κ3) is 3.38. The fraction of sp³-hybridized carbons (Fsp3) is 0.500. The van der Waals surface area contributed by atoms with Gasteiger partial charge in [0.2, 0.25) is 0 Å². The van der Waals surface area contributed by atoms with E-state index in [1.807, 2.05) is 0 Å². The van der Waals surface area contributed by atoms with Crippen LogP contribution in [0.4, 0.5) is 0 Å². The van der Waals surface area contributed by atoms with Crippen LogP contribution in [-0.4, -0.2) is 43.4 Å². The summed E-state index contributed by atoms with van der Waals surface area (Å²) in [5.74, 6) is -9.04. The molecule has 0 aliphatic heterocycles. The molecule has 0 aromatic carbocycles. The third-order valence-corrected chi connectivity index (χ3v) is 1.02. The number of hydrogen-bond donors (Lipinski definition) is 5. The summed E-state index contributed by atoms with van der Waals surface area (Å²) in [6.45, 7) is 4.34. The van der Waals surface area contributed by atoms with Crippen LogP contribution in [0.3, 0.4) is 0 Å². The number of rotatable bonds is 4. The van der Waals surface area contributed by atoms with E-state index >= 15 is 0 Å². The van der Waals surface area contributed by atoms with E-state index in [1.165, 1.54) is 6.92 Å². The lowest BCUT2D eigenvalue weighted by atomic mass is 10.4. The average molecular weight is 210 g/mol. The predicted molar refractivity (Wildman–Crippen MR) is 38.5 cm³/mol. The Balaban J connectivity index is 4.27. The maximum absolute atomic E-state index is 10.6. The van der Waals surface area contributed by atoms with Crippen molar-refractivity contribution in [1.29, 1.82) is 0 Å². The van der Waals surface area contributed by atoms with Gasteiger partial charge in [0.25, 0.3) is 0 Å². The van der Waals surface area contributed by atoms with Gasteiger partial charge in [-0.25, -0.2) is 4.79 Å². The van der Waals surface area contributed by atoms with Crippen molar-refractivity contribution in [3.05, 3.63) is 12.2 Å². The van der Waals surface area contributed by atoms with E-state index < -0.39 is 17.9 Å². The van der Waals surface area contributed by atoms with Gasteiger partial charge in [0, 0.05) is 5.57 Å². The highest BCUT2D eigenvalue weighted by molar-refractivity contribution is 5.86. The van der Waals surface area contributed by atoms with E-state index in [0.717, 1.165) is 0 Å². The first-order valence-electron chi connectivity index (χ1n) is 3.25. The molecule has 0 radical (unpaired) electrons. The van der Waals surface area contributed by atoms with Crippen LogP contribution >= 0.6 is 0 Å². The Hall–Kier alpha value is -1.03. The molecule has 0 bridgehead atoms. The van der Waals surface area contributed by atoms with Crippen LogP contribution in [-0.2, 0) is 14.6 Å². The molecule has 0 aliphatic carbocycles. The monoisotopic (exact) mass is 210 g/mol. The number of aliphatic hydroxyl groups is 5. The maximum atomic E-state index is 10.6. The van der Waals surface area contributed by atoms with Crippen molar-refractivity contribution in [2.24, 2.45) is 0 Å². The summed E-state index contributed by atoms with van der Waals surface area (Å²) >= 11 is 0. The highest BCUT2D eigenvalue weighted by Gasteiger charge is 2.51. The van der Waals surface area contributed by atoms with E-state index in [9.17, 15) is 4.79 Å². The first-order chi connectivity index (χ1) is 6.08. The van der Waals surface area contributed by atoms with E-state index in [0.29, 0.717) is 0 Å². The van der Waals surface area contributed by atoms with Crippen LogP contribution in [0.25, 0.3) is 0 Å². The van der Waals surface area contributed by atoms with Gasteiger partial charge in [-0.2, -0.15) is 0 Å². The molecule has 0 rings (SSSR count). The molecule has 0 aliphatic rings. The summed E-state index contributed by atoms with van der Waals surface area (Å²) in [7, 11) is 0. The molecule has 8 heteroatoms. The second-order valence-electron chi connectivity index (χ2n) is 2.48. The lowest BCUT2D eigenvalue weighted by Crippen LogP contribution is -2.56. The number of carbonyl (C=O) groups is 1. The minimum atomic E-state index is -4.00. The standard InChI is InChI=1S/C6H10O8/c1-3(2)4(7)13-14-6(11,12)5(8,9)10/h8-12H,1H2,2H3. The van der Waals surface area contributed by atoms with E-state index in [1.54, 1.807) is 0 Å². The molecule has 0 aromatic heterocycles. The van der Waals surface area contributed by atoms with Crippen molar-refractivity contribution in [3.8, 4) is 0 Å². The molecule has 0 aromatic rings. The minimum Gasteiger partial charge on any atom is -0.337 e. The van der Waals surface area contributed by atoms with E-state index in [2.05, 4.69) is 16.4 Å². The van der Waals surface area contributed by atoms with Gasteiger partial charge in [-0.15, -0.1) is 4.89 Å². The first-order valence-corrected chi connectivity index (χ1v) is 3.25. The summed E-state index contributed by atoms with van der Waals surface area (Å²) < 4.78 is 0. The average Bonchev–Trinajstić information content (AvgIpc) is 1.97. The fourth-order valence-electron chi connectivity index (χ4n) is 0.223. The van der Waals surface area contributed by atoms with Gasteiger partial charge >= 0.3 is 17.9 Å². The molecular weight excluding hydrogens is 200 g/mol. The Bertz CT molecular complexity index is 237. The molecule has 14 heavy (non-hydrogen) atoms. The number of carbonyl (C=O) groups excluding carboxylic acids is 1. The van der Waals surface area contributed by atoms with Crippen LogP contribution in [0.1, 0.15) is 6.92 Å². The van der Waals surface area contributed by atoms with Gasteiger partial charge in [-0.05, 0) is 6.92 Å². The van der Waals surface area contributed by atoms with Gasteiger partial charge in [-0.1, -0.05) is 6.58 Å². The zero-order chi connectivity index (χ0) is 11.6. The van der Waals surface area contributed by atoms with Gasteiger partial charge in [0.15, 0.2) is 0 Å². The number of hydrogen-bond acceptors (Lipinski definition) is 8. The van der Waals surface area contributed by atoms with Crippen LogP contribution in [0.15, 0.2) is 12.2 Å². The smallest absolute Gasteiger partial charge is 0.337 e. The Morgan fingerprint density at radius 3 is 1.93 bits per heavy atom. The largest absolute Gasteiger partial charge is 0.401 e. The van der Waals surface area contributed by atoms with Gasteiger partial charge in [0.05, 0.1) is 0 Å². The van der Waals surface area contributed by atoms with Crippen molar-refractivity contribution in [2.75, 3.05) is 0 Å². The molecule has 5 N–H and O–H groups in total. The fourth-order valence-corrected chi connectivity index (χ4v) is 0.223. The van der Waals surface area contributed by atoms with Crippen LogP contribution in [0, 0.1) is 0 Å². The predicted octanol–water partition coefficient (Wildman–Crippen LogP) is -2.69. The van der Waals surface area contributed by atoms with Crippen molar-refractivity contribution < 1.29 is 40.1 Å². The summed E-state index contributed by atoms with van der Waals surface area (Å²) in [4.78, 5) is 17.7. The van der Waals surface area contributed by atoms with Crippen molar-refractivity contribution in [1.82, 2.24) is 0 Å². The quantitative estimate of drug-likeness (QED) is 0.146. The van der Waals surface area contributed by atoms with Gasteiger partial charge < -0.3 is 25.5 Å². The molecular formula is C6H10O8. The topological polar surface area (TPSA) is 137 Å². The lowest BCUT2D eigenvalue weighted by molar-refractivity contribution is -0.578. The molecule has 0 spiro atoms. The summed E-state index contributed by atoms with van der Waals surface area (Å²) in [5.41, 5.74) is -0.139. The van der Waals surface area contributed by atoms with Crippen molar-refractivity contribution >= 4 is 5.97 Å². The highest BCUT2D eigenvalue weighted by atomic mass is 17.3. The van der Waals surface area contributed by atoms with Crippen molar-refractivity contribution in [3.63, 3.8) is 0 Å². The first kappa shape index (κ1) is 13.0. The molecule has 82 valence electrons. The van der Waals surface area contributed by atoms with E-state index in [4.69, 9.17) is 25.5 Å². The van der Waals surface area contributed by atoms with E-state index in [-0.39, 0.29) is 5.57 Å². The molecule has 0 saturated carbocycles. The van der Waals surface area contributed by atoms with Crippen molar-refractivity contribution in [2.45, 2.75) is 18.9 Å². The second kappa shape index (κ2) is 4.00. The molecule has 0 heterocycles. The lowest BCUT2D eigenvalue weighted by Gasteiger charge is -2.26. The van der Waals surface area contributed by atoms with Crippen LogP contribution in [0.2, 0.25) is 0 Å². The maximum Gasteiger partial charge on any atom is 0.401 e. The van der Waals surface area contributed by atoms with Gasteiger partial charge in [-0.3, -0.25) is 4.89 Å². The summed E-state index contributed by atoms with van der Waals surface area (Å²) in [6, 6.07) is 0. The van der Waals surface area contributed by atoms with Gasteiger partial charge in [0.1, 0.15) is 0 Å². The summed E-state index contributed by atoms with van der Waals surface area (Å²) in [5, 5.41) is 41.9. The zero-order valence-corrected chi connectivity index (χ0v) is 7.17. The van der Waals surface area contributed by atoms with Crippen LogP contribution < -0.4 is 0 Å². The highest BCUT2D eigenvalue weighted by Crippen LogP contribution is 2.16. The van der Waals surface area contributed by atoms with Crippen LogP contribution in [0.5, 0.6) is 0 Å². The Morgan fingerprint density at radius 1 is 1.21 bits per heavy atom. The Kier molecular flexibility index (Phi) is 3.71. The second-order valence-corrected chi connectivity index (χ2v) is 2.48.